The van der Waals surface area contributed by atoms with E-state index in [1.807, 2.05) is 18.2 Å². The van der Waals surface area contributed by atoms with Crippen LogP contribution in [-0.4, -0.2) is 6.04 Å². The van der Waals surface area contributed by atoms with Crippen LogP contribution in [-0.2, 0) is 0 Å². The molecule has 0 aliphatic heterocycles. The van der Waals surface area contributed by atoms with Gasteiger partial charge in [-0.2, -0.15) is 0 Å². The predicted molar refractivity (Wildman–Crippen MR) is 74.8 cm³/mol. The monoisotopic (exact) mass is 271 g/mol. The lowest BCUT2D eigenvalue weighted by molar-refractivity contribution is 0.438. The predicted octanol–water partition coefficient (Wildman–Crippen LogP) is 4.83. The molecule has 2 atom stereocenters. The fourth-order valence-corrected chi connectivity index (χ4v) is 2.76. The van der Waals surface area contributed by atoms with Crippen molar-refractivity contribution in [3.63, 3.8) is 0 Å². The van der Waals surface area contributed by atoms with Gasteiger partial charge in [0, 0.05) is 12.1 Å². The van der Waals surface area contributed by atoms with Crippen LogP contribution in [0.4, 0.5) is 0 Å². The summed E-state index contributed by atoms with van der Waals surface area (Å²) in [6.45, 7) is 4.38. The molecule has 2 rings (SSSR count). The van der Waals surface area contributed by atoms with Crippen LogP contribution in [0.25, 0.3) is 0 Å². The summed E-state index contributed by atoms with van der Waals surface area (Å²) in [4.78, 5) is 0. The van der Waals surface area contributed by atoms with Gasteiger partial charge in [-0.1, -0.05) is 48.2 Å². The first-order valence-corrected chi connectivity index (χ1v) is 7.03. The molecule has 0 aromatic heterocycles. The molecule has 0 radical (unpaired) electrons. The van der Waals surface area contributed by atoms with Crippen LogP contribution in [0.15, 0.2) is 18.2 Å². The number of benzene rings is 1. The molecule has 1 aliphatic rings. The minimum Gasteiger partial charge on any atom is -0.308 e. The first kappa shape index (κ1) is 13.2. The number of hydrogen-bond acceptors (Lipinski definition) is 1. The van der Waals surface area contributed by atoms with Gasteiger partial charge in [0.25, 0.3) is 0 Å². The molecular weight excluding hydrogens is 253 g/mol. The Balaban J connectivity index is 1.97. The lowest BCUT2D eigenvalue weighted by atomic mass is 10.1. The van der Waals surface area contributed by atoms with E-state index in [9.17, 15) is 0 Å². The molecule has 0 spiro atoms. The van der Waals surface area contributed by atoms with Crippen molar-refractivity contribution in [1.29, 1.82) is 0 Å². The van der Waals surface area contributed by atoms with Gasteiger partial charge in [-0.3, -0.25) is 0 Å². The highest BCUT2D eigenvalue weighted by Gasteiger charge is 2.24. The Hall–Kier alpha value is -0.240. The molecule has 0 heterocycles. The van der Waals surface area contributed by atoms with Gasteiger partial charge in [0.05, 0.1) is 10.0 Å². The zero-order chi connectivity index (χ0) is 12.4. The van der Waals surface area contributed by atoms with Crippen molar-refractivity contribution < 1.29 is 0 Å². The second-order valence-corrected chi connectivity index (χ2v) is 5.90. The standard InChI is InChI=1S/C14H19Cl2N/c1-9(8-11-6-7-11)17-10(2)12-4-3-5-13(15)14(12)16/h3-5,9-11,17H,6-8H2,1-2H3. The highest BCUT2D eigenvalue weighted by atomic mass is 35.5. The van der Waals surface area contributed by atoms with Crippen LogP contribution in [0.3, 0.4) is 0 Å². The number of rotatable bonds is 5. The van der Waals surface area contributed by atoms with Crippen LogP contribution in [0, 0.1) is 5.92 Å². The van der Waals surface area contributed by atoms with E-state index in [1.54, 1.807) is 0 Å². The van der Waals surface area contributed by atoms with E-state index in [0.29, 0.717) is 16.1 Å². The van der Waals surface area contributed by atoms with Crippen molar-refractivity contribution in [3.05, 3.63) is 33.8 Å². The summed E-state index contributed by atoms with van der Waals surface area (Å²) in [6, 6.07) is 6.60. The van der Waals surface area contributed by atoms with Gasteiger partial charge < -0.3 is 5.32 Å². The Kier molecular flexibility index (Phi) is 4.35. The van der Waals surface area contributed by atoms with Crippen LogP contribution in [0.2, 0.25) is 10.0 Å². The van der Waals surface area contributed by atoms with Crippen LogP contribution >= 0.6 is 23.2 Å². The van der Waals surface area contributed by atoms with Crippen molar-refractivity contribution in [1.82, 2.24) is 5.32 Å². The van der Waals surface area contributed by atoms with Crippen molar-refractivity contribution in [3.8, 4) is 0 Å². The summed E-state index contributed by atoms with van der Waals surface area (Å²) in [6.07, 6.45) is 4.07. The quantitative estimate of drug-likeness (QED) is 0.809. The van der Waals surface area contributed by atoms with E-state index in [4.69, 9.17) is 23.2 Å². The minimum absolute atomic E-state index is 0.245. The van der Waals surface area contributed by atoms with Crippen molar-refractivity contribution in [2.75, 3.05) is 0 Å². The average Bonchev–Trinajstić information content (AvgIpc) is 3.05. The molecule has 1 N–H and O–H groups in total. The Morgan fingerprint density at radius 3 is 2.65 bits per heavy atom. The van der Waals surface area contributed by atoms with Crippen LogP contribution in [0.5, 0.6) is 0 Å². The molecule has 3 heteroatoms. The Morgan fingerprint density at radius 2 is 2.00 bits per heavy atom. The van der Waals surface area contributed by atoms with E-state index >= 15 is 0 Å². The molecule has 17 heavy (non-hydrogen) atoms. The lowest BCUT2D eigenvalue weighted by Gasteiger charge is -2.21. The molecule has 94 valence electrons. The summed E-state index contributed by atoms with van der Waals surface area (Å²) < 4.78 is 0. The molecule has 1 aliphatic carbocycles. The number of nitrogens with one attached hydrogen (secondary N) is 1. The molecule has 1 aromatic carbocycles. The lowest BCUT2D eigenvalue weighted by Crippen LogP contribution is -2.29. The fourth-order valence-electron chi connectivity index (χ4n) is 2.29. The first-order valence-electron chi connectivity index (χ1n) is 6.28. The summed E-state index contributed by atoms with van der Waals surface area (Å²) in [5.74, 6) is 0.944. The third-order valence-corrected chi connectivity index (χ3v) is 4.20. The fraction of sp³-hybridized carbons (Fsp3) is 0.571. The van der Waals surface area contributed by atoms with Gasteiger partial charge >= 0.3 is 0 Å². The third kappa shape index (κ3) is 3.61. The Bertz CT molecular complexity index is 388. The maximum Gasteiger partial charge on any atom is 0.0639 e. The van der Waals surface area contributed by atoms with E-state index in [2.05, 4.69) is 19.2 Å². The van der Waals surface area contributed by atoms with Gasteiger partial charge in [0.2, 0.25) is 0 Å². The van der Waals surface area contributed by atoms with Gasteiger partial charge in [-0.15, -0.1) is 0 Å². The maximum atomic E-state index is 6.22. The molecular formula is C14H19Cl2N. The zero-order valence-electron chi connectivity index (χ0n) is 10.3. The van der Waals surface area contributed by atoms with E-state index in [0.717, 1.165) is 11.5 Å². The SMILES string of the molecule is CC(CC1CC1)NC(C)c1cccc(Cl)c1Cl. The second-order valence-electron chi connectivity index (χ2n) is 5.11. The van der Waals surface area contributed by atoms with E-state index in [1.165, 1.54) is 19.3 Å². The zero-order valence-corrected chi connectivity index (χ0v) is 11.9. The van der Waals surface area contributed by atoms with Gasteiger partial charge in [0.1, 0.15) is 0 Å². The Labute approximate surface area is 114 Å². The summed E-state index contributed by atoms with van der Waals surface area (Å²) in [5, 5.41) is 4.90. The van der Waals surface area contributed by atoms with Gasteiger partial charge in [-0.05, 0) is 37.8 Å². The van der Waals surface area contributed by atoms with E-state index < -0.39 is 0 Å². The summed E-state index contributed by atoms with van der Waals surface area (Å²) in [5.41, 5.74) is 1.09. The largest absolute Gasteiger partial charge is 0.308 e. The van der Waals surface area contributed by atoms with Crippen molar-refractivity contribution in [2.24, 2.45) is 5.92 Å². The molecule has 0 saturated heterocycles. The molecule has 0 amide bonds. The number of halogens is 2. The highest BCUT2D eigenvalue weighted by molar-refractivity contribution is 6.42. The van der Waals surface area contributed by atoms with E-state index in [-0.39, 0.29) is 6.04 Å². The highest BCUT2D eigenvalue weighted by Crippen LogP contribution is 2.34. The molecule has 1 saturated carbocycles. The van der Waals surface area contributed by atoms with Gasteiger partial charge in [-0.25, -0.2) is 0 Å². The minimum atomic E-state index is 0.245. The summed E-state index contributed by atoms with van der Waals surface area (Å²) >= 11 is 12.2. The van der Waals surface area contributed by atoms with Crippen molar-refractivity contribution in [2.45, 2.75) is 45.2 Å². The Morgan fingerprint density at radius 1 is 1.29 bits per heavy atom. The molecule has 1 aromatic rings. The maximum absolute atomic E-state index is 6.22. The summed E-state index contributed by atoms with van der Waals surface area (Å²) in [7, 11) is 0. The number of hydrogen-bond donors (Lipinski definition) is 1. The van der Waals surface area contributed by atoms with Crippen LogP contribution in [0.1, 0.15) is 44.7 Å². The van der Waals surface area contributed by atoms with Gasteiger partial charge in [0.15, 0.2) is 0 Å². The molecule has 0 bridgehead atoms. The first-order chi connectivity index (χ1) is 8.08. The molecule has 1 nitrogen and oxygen atoms in total. The second kappa shape index (κ2) is 5.60. The third-order valence-electron chi connectivity index (χ3n) is 3.37. The topological polar surface area (TPSA) is 12.0 Å². The van der Waals surface area contributed by atoms with Crippen LogP contribution < -0.4 is 5.32 Å². The van der Waals surface area contributed by atoms with Crippen molar-refractivity contribution >= 4 is 23.2 Å². The average molecular weight is 272 g/mol. The molecule has 2 unspecified atom stereocenters. The smallest absolute Gasteiger partial charge is 0.0639 e. The molecule has 1 fully saturated rings. The normalized spacial score (nSPS) is 19.1.